The molecule has 0 N–H and O–H groups in total. The van der Waals surface area contributed by atoms with Gasteiger partial charge in [-0.1, -0.05) is 163 Å². The lowest BCUT2D eigenvalue weighted by Crippen LogP contribution is -2.01. The molecule has 3 heterocycles. The third-order valence-corrected chi connectivity index (χ3v) is 12.4. The van der Waals surface area contributed by atoms with Crippen LogP contribution in [-0.2, 0) is 0 Å². The largest absolute Gasteiger partial charge is 0.309 e. The fraction of sp³-hybridized carbons (Fsp3) is 0.0169. The number of hydrogen-bond acceptors (Lipinski definition) is 2. The Bertz CT molecular complexity index is 3560. The molecule has 0 spiro atoms. The number of fused-ring (bicyclic) bond motifs is 6. The first kappa shape index (κ1) is 36.5. The summed E-state index contributed by atoms with van der Waals surface area (Å²) in [4.78, 5) is 10.5. The van der Waals surface area contributed by atoms with Gasteiger partial charge in [-0.25, -0.2) is 9.97 Å². The van der Waals surface area contributed by atoms with Crippen LogP contribution in [0.25, 0.3) is 111 Å². The van der Waals surface area contributed by atoms with Gasteiger partial charge in [0.2, 0.25) is 0 Å². The van der Waals surface area contributed by atoms with Crippen LogP contribution in [0.3, 0.4) is 0 Å². The maximum absolute atomic E-state index is 5.27. The number of benzene rings is 9. The molecule has 0 aliphatic rings. The molecule has 3 aromatic heterocycles. The molecule has 0 aliphatic heterocycles. The Kier molecular flexibility index (Phi) is 8.68. The maximum Gasteiger partial charge on any atom is 0.160 e. The van der Waals surface area contributed by atoms with Gasteiger partial charge in [-0.05, 0) is 90.3 Å². The minimum Gasteiger partial charge on any atom is -0.309 e. The molecule has 0 bridgehead atoms. The molecule has 4 nitrogen and oxygen atoms in total. The van der Waals surface area contributed by atoms with Crippen LogP contribution in [0.4, 0.5) is 0 Å². The molecule has 0 radical (unpaired) electrons. The van der Waals surface area contributed by atoms with Crippen molar-refractivity contribution >= 4 is 43.6 Å². The summed E-state index contributed by atoms with van der Waals surface area (Å²) < 4.78 is 4.83. The summed E-state index contributed by atoms with van der Waals surface area (Å²) in [6, 6.07) is 80.5. The molecule has 0 aliphatic carbocycles. The zero-order chi connectivity index (χ0) is 41.9. The van der Waals surface area contributed by atoms with E-state index < -0.39 is 0 Å². The van der Waals surface area contributed by atoms with Crippen molar-refractivity contribution in [3.63, 3.8) is 0 Å². The Hall–Kier alpha value is -8.34. The molecule has 296 valence electrons. The van der Waals surface area contributed by atoms with Gasteiger partial charge in [-0.3, -0.25) is 0 Å². The van der Waals surface area contributed by atoms with E-state index in [0.717, 1.165) is 61.6 Å². The highest BCUT2D eigenvalue weighted by Crippen LogP contribution is 2.41. The zero-order valence-electron chi connectivity index (χ0n) is 34.7. The van der Waals surface area contributed by atoms with Crippen molar-refractivity contribution in [2.75, 3.05) is 0 Å². The molecule has 12 aromatic rings. The van der Waals surface area contributed by atoms with Crippen LogP contribution in [-0.4, -0.2) is 19.1 Å². The van der Waals surface area contributed by atoms with Gasteiger partial charge in [-0.2, -0.15) is 0 Å². The average molecular weight is 805 g/mol. The molecule has 12 rings (SSSR count). The first-order valence-electron chi connectivity index (χ1n) is 21.5. The number of nitrogens with zero attached hydrogens (tertiary/aromatic N) is 4. The fourth-order valence-corrected chi connectivity index (χ4v) is 9.36. The summed E-state index contributed by atoms with van der Waals surface area (Å²) >= 11 is 0. The van der Waals surface area contributed by atoms with Gasteiger partial charge in [-0.15, -0.1) is 0 Å². The van der Waals surface area contributed by atoms with Crippen LogP contribution < -0.4 is 0 Å². The van der Waals surface area contributed by atoms with Gasteiger partial charge >= 0.3 is 0 Å². The number of aryl methyl sites for hydroxylation is 1. The van der Waals surface area contributed by atoms with E-state index in [1.54, 1.807) is 0 Å². The summed E-state index contributed by atoms with van der Waals surface area (Å²) in [6.07, 6.45) is 0. The van der Waals surface area contributed by atoms with Crippen molar-refractivity contribution < 1.29 is 0 Å². The van der Waals surface area contributed by atoms with E-state index in [0.29, 0.717) is 5.82 Å². The first-order valence-corrected chi connectivity index (χ1v) is 21.5. The van der Waals surface area contributed by atoms with Crippen LogP contribution in [0, 0.1) is 6.92 Å². The molecule has 0 saturated heterocycles. The monoisotopic (exact) mass is 804 g/mol. The Morgan fingerprint density at radius 2 is 0.825 bits per heavy atom. The van der Waals surface area contributed by atoms with Crippen molar-refractivity contribution in [3.05, 3.63) is 230 Å². The van der Waals surface area contributed by atoms with Crippen LogP contribution in [0.2, 0.25) is 0 Å². The van der Waals surface area contributed by atoms with Crippen molar-refractivity contribution in [2.45, 2.75) is 6.92 Å². The normalized spacial score (nSPS) is 11.6. The number of rotatable bonds is 7. The summed E-state index contributed by atoms with van der Waals surface area (Å²) in [5.74, 6) is 0.673. The van der Waals surface area contributed by atoms with Gasteiger partial charge < -0.3 is 9.13 Å². The molecule has 0 unspecified atom stereocenters. The van der Waals surface area contributed by atoms with E-state index in [-0.39, 0.29) is 0 Å². The lowest BCUT2D eigenvalue weighted by Gasteiger charge is -2.17. The van der Waals surface area contributed by atoms with E-state index >= 15 is 0 Å². The minimum absolute atomic E-state index is 0.673. The lowest BCUT2D eigenvalue weighted by molar-refractivity contribution is 1.16. The predicted octanol–water partition coefficient (Wildman–Crippen LogP) is 15.3. The topological polar surface area (TPSA) is 35.6 Å². The standard InChI is InChI=1S/C59H40N4/c1-39-27-29-40(30-28-39)43-31-33-58-51(36-43)49-23-10-13-26-56(49)63(58)57-34-32-45(59-60-52(41-15-4-2-5-16-41)38-53(61-59)42-17-6-3-7-18-42)37-50(57)44-19-14-20-46(35-44)62-54-24-11-8-21-47(54)48-22-9-12-25-55(48)62/h2-38H,1H3. The van der Waals surface area contributed by atoms with Gasteiger partial charge in [0.15, 0.2) is 5.82 Å². The van der Waals surface area contributed by atoms with Crippen molar-refractivity contribution in [2.24, 2.45) is 0 Å². The van der Waals surface area contributed by atoms with Crippen molar-refractivity contribution in [3.8, 4) is 67.5 Å². The fourth-order valence-electron chi connectivity index (χ4n) is 9.36. The quantitative estimate of drug-likeness (QED) is 0.161. The van der Waals surface area contributed by atoms with Gasteiger partial charge in [0.25, 0.3) is 0 Å². The summed E-state index contributed by atoms with van der Waals surface area (Å²) in [5.41, 5.74) is 17.4. The van der Waals surface area contributed by atoms with E-state index in [9.17, 15) is 0 Å². The van der Waals surface area contributed by atoms with Crippen LogP contribution in [0.5, 0.6) is 0 Å². The second-order valence-electron chi connectivity index (χ2n) is 16.3. The predicted molar refractivity (Wildman–Crippen MR) is 263 cm³/mol. The minimum atomic E-state index is 0.673. The Labute approximate surface area is 365 Å². The third kappa shape index (κ3) is 6.31. The SMILES string of the molecule is Cc1ccc(-c2ccc3c(c2)c2ccccc2n3-c2ccc(-c3nc(-c4ccccc4)cc(-c4ccccc4)n3)cc2-c2cccc(-n3c4ccccc4c4ccccc43)c2)cc1. The lowest BCUT2D eigenvalue weighted by atomic mass is 9.98. The van der Waals surface area contributed by atoms with E-state index in [2.05, 4.69) is 228 Å². The first-order chi connectivity index (χ1) is 31.1. The number of hydrogen-bond donors (Lipinski definition) is 0. The van der Waals surface area contributed by atoms with Crippen molar-refractivity contribution in [1.29, 1.82) is 0 Å². The van der Waals surface area contributed by atoms with Crippen LogP contribution >= 0.6 is 0 Å². The molecule has 63 heavy (non-hydrogen) atoms. The highest BCUT2D eigenvalue weighted by Gasteiger charge is 2.20. The highest BCUT2D eigenvalue weighted by atomic mass is 15.0. The maximum atomic E-state index is 5.27. The number of aromatic nitrogens is 4. The Morgan fingerprint density at radius 3 is 1.46 bits per heavy atom. The van der Waals surface area contributed by atoms with E-state index in [1.165, 1.54) is 49.3 Å². The molecule has 0 amide bonds. The summed E-state index contributed by atoms with van der Waals surface area (Å²) in [5, 5.41) is 4.90. The van der Waals surface area contributed by atoms with Gasteiger partial charge in [0.1, 0.15) is 0 Å². The van der Waals surface area contributed by atoms with Crippen LogP contribution in [0.1, 0.15) is 5.56 Å². The molecule has 0 atom stereocenters. The second kappa shape index (κ2) is 15.0. The van der Waals surface area contributed by atoms with E-state index in [1.807, 2.05) is 12.1 Å². The zero-order valence-corrected chi connectivity index (χ0v) is 34.7. The second-order valence-corrected chi connectivity index (χ2v) is 16.3. The van der Waals surface area contributed by atoms with Gasteiger partial charge in [0, 0.05) is 49.5 Å². The summed E-state index contributed by atoms with van der Waals surface area (Å²) in [7, 11) is 0. The molecular formula is C59H40N4. The summed E-state index contributed by atoms with van der Waals surface area (Å²) in [6.45, 7) is 2.14. The molecule has 4 heteroatoms. The Balaban J connectivity index is 1.11. The molecule has 9 aromatic carbocycles. The molecule has 0 fully saturated rings. The molecule has 0 saturated carbocycles. The average Bonchev–Trinajstić information content (AvgIpc) is 3.87. The third-order valence-electron chi connectivity index (χ3n) is 12.4. The van der Waals surface area contributed by atoms with Gasteiger partial charge in [0.05, 0.1) is 39.1 Å². The number of para-hydroxylation sites is 3. The van der Waals surface area contributed by atoms with Crippen LogP contribution in [0.15, 0.2) is 224 Å². The smallest absolute Gasteiger partial charge is 0.160 e. The van der Waals surface area contributed by atoms with E-state index in [4.69, 9.17) is 9.97 Å². The Morgan fingerprint density at radius 1 is 0.317 bits per heavy atom. The highest BCUT2D eigenvalue weighted by molar-refractivity contribution is 6.11. The molecular weight excluding hydrogens is 765 g/mol. The van der Waals surface area contributed by atoms with Crippen molar-refractivity contribution in [1.82, 2.24) is 19.1 Å².